The molecule has 0 fully saturated rings. The van der Waals surface area contributed by atoms with E-state index in [0.717, 1.165) is 11.4 Å². The lowest BCUT2D eigenvalue weighted by Gasteiger charge is -2.18. The number of thiophene rings is 1. The van der Waals surface area contributed by atoms with Gasteiger partial charge in [-0.3, -0.25) is 9.36 Å². The number of amides is 1. The Bertz CT molecular complexity index is 1130. The van der Waals surface area contributed by atoms with Crippen LogP contribution in [0.15, 0.2) is 48.0 Å². The van der Waals surface area contributed by atoms with Crippen LogP contribution in [-0.2, 0) is 9.36 Å². The van der Waals surface area contributed by atoms with Crippen molar-refractivity contribution in [3.05, 3.63) is 75.0 Å². The Morgan fingerprint density at radius 2 is 2.04 bits per heavy atom. The summed E-state index contributed by atoms with van der Waals surface area (Å²) in [5.41, 5.74) is -0.229. The summed E-state index contributed by atoms with van der Waals surface area (Å²) in [5.74, 6) is -1.17. The van der Waals surface area contributed by atoms with E-state index in [0.29, 0.717) is 21.5 Å². The molecule has 146 valence electrons. The fourth-order valence-corrected chi connectivity index (χ4v) is 5.43. The molecule has 0 bridgehead atoms. The van der Waals surface area contributed by atoms with Crippen LogP contribution in [0.3, 0.4) is 0 Å². The SMILES string of the molecule is CP(=O)(O)C(C(=O)N/C=C/c1ccc(F)c(Cl)c1)c1csc2ccc(Cl)cc12. The van der Waals surface area contributed by atoms with E-state index in [1.807, 2.05) is 0 Å². The summed E-state index contributed by atoms with van der Waals surface area (Å²) in [4.78, 5) is 22.9. The van der Waals surface area contributed by atoms with Crippen molar-refractivity contribution in [2.45, 2.75) is 5.66 Å². The van der Waals surface area contributed by atoms with Crippen molar-refractivity contribution in [2.75, 3.05) is 6.66 Å². The van der Waals surface area contributed by atoms with Crippen LogP contribution in [0.4, 0.5) is 4.39 Å². The quantitative estimate of drug-likeness (QED) is 0.456. The molecule has 1 aromatic heterocycles. The van der Waals surface area contributed by atoms with E-state index in [1.54, 1.807) is 23.6 Å². The van der Waals surface area contributed by atoms with E-state index in [9.17, 15) is 18.6 Å². The van der Waals surface area contributed by atoms with Crippen molar-refractivity contribution in [2.24, 2.45) is 0 Å². The maximum Gasteiger partial charge on any atom is 0.241 e. The van der Waals surface area contributed by atoms with Gasteiger partial charge in [-0.2, -0.15) is 0 Å². The summed E-state index contributed by atoms with van der Waals surface area (Å²) in [6.45, 7) is 1.15. The van der Waals surface area contributed by atoms with Crippen molar-refractivity contribution >= 4 is 64.0 Å². The molecular formula is C19H15Cl2FNO3PS. The highest BCUT2D eigenvalue weighted by Gasteiger charge is 2.36. The molecule has 9 heteroatoms. The summed E-state index contributed by atoms with van der Waals surface area (Å²) in [6.07, 6.45) is 2.84. The third-order valence-corrected chi connectivity index (χ3v) is 7.01. The van der Waals surface area contributed by atoms with Crippen molar-refractivity contribution < 1.29 is 18.6 Å². The van der Waals surface area contributed by atoms with Gasteiger partial charge >= 0.3 is 0 Å². The van der Waals surface area contributed by atoms with E-state index in [-0.39, 0.29) is 5.02 Å². The van der Waals surface area contributed by atoms with Gasteiger partial charge in [0.2, 0.25) is 13.3 Å². The van der Waals surface area contributed by atoms with Crippen LogP contribution in [-0.4, -0.2) is 17.5 Å². The van der Waals surface area contributed by atoms with Gasteiger partial charge in [0.1, 0.15) is 11.5 Å². The number of carbonyl (C=O) groups excluding carboxylic acids is 1. The monoisotopic (exact) mass is 457 g/mol. The predicted molar refractivity (Wildman–Crippen MR) is 114 cm³/mol. The van der Waals surface area contributed by atoms with Crippen molar-refractivity contribution in [1.82, 2.24) is 5.32 Å². The Labute approximate surface area is 175 Å². The molecule has 0 aliphatic carbocycles. The molecule has 0 radical (unpaired) electrons. The minimum atomic E-state index is -3.82. The molecule has 0 aliphatic heterocycles. The molecule has 2 N–H and O–H groups in total. The predicted octanol–water partition coefficient (Wildman–Crippen LogP) is 6.08. The molecule has 2 atom stereocenters. The molecule has 4 nitrogen and oxygen atoms in total. The molecule has 2 unspecified atom stereocenters. The molecule has 3 aromatic rings. The maximum atomic E-state index is 13.2. The molecule has 0 aliphatic rings. The maximum absolute atomic E-state index is 13.2. The van der Waals surface area contributed by atoms with Gasteiger partial charge in [0, 0.05) is 22.6 Å². The lowest BCUT2D eigenvalue weighted by molar-refractivity contribution is -0.120. The van der Waals surface area contributed by atoms with Crippen LogP contribution in [0.5, 0.6) is 0 Å². The van der Waals surface area contributed by atoms with Gasteiger partial charge in [0.25, 0.3) is 0 Å². The van der Waals surface area contributed by atoms with Crippen LogP contribution in [0.2, 0.25) is 10.0 Å². The first-order valence-electron chi connectivity index (χ1n) is 8.05. The number of carbonyl (C=O) groups is 1. The average molecular weight is 458 g/mol. The fourth-order valence-electron chi connectivity index (χ4n) is 2.76. The number of benzene rings is 2. The minimum Gasteiger partial charge on any atom is -0.344 e. The zero-order chi connectivity index (χ0) is 20.5. The number of nitrogens with one attached hydrogen (secondary N) is 1. The fraction of sp³-hybridized carbons (Fsp3) is 0.105. The van der Waals surface area contributed by atoms with Gasteiger partial charge in [-0.15, -0.1) is 11.3 Å². The molecule has 0 spiro atoms. The van der Waals surface area contributed by atoms with Crippen molar-refractivity contribution in [3.63, 3.8) is 0 Å². The number of halogens is 3. The highest BCUT2D eigenvalue weighted by atomic mass is 35.5. The minimum absolute atomic E-state index is 0.0404. The summed E-state index contributed by atoms with van der Waals surface area (Å²) < 4.78 is 26.6. The van der Waals surface area contributed by atoms with E-state index >= 15 is 0 Å². The first-order chi connectivity index (χ1) is 13.2. The van der Waals surface area contributed by atoms with Gasteiger partial charge in [-0.25, -0.2) is 4.39 Å². The van der Waals surface area contributed by atoms with Crippen LogP contribution >= 0.6 is 41.9 Å². The second kappa shape index (κ2) is 8.36. The van der Waals surface area contributed by atoms with Crippen LogP contribution < -0.4 is 5.32 Å². The first-order valence-corrected chi connectivity index (χ1v) is 11.9. The number of hydrogen-bond acceptors (Lipinski definition) is 3. The second-order valence-corrected chi connectivity index (χ2v) is 10.4. The van der Waals surface area contributed by atoms with E-state index in [4.69, 9.17) is 23.2 Å². The molecular weight excluding hydrogens is 443 g/mol. The average Bonchev–Trinajstić information content (AvgIpc) is 3.00. The second-order valence-electron chi connectivity index (χ2n) is 6.19. The van der Waals surface area contributed by atoms with Crippen molar-refractivity contribution in [1.29, 1.82) is 0 Å². The number of rotatable bonds is 5. The van der Waals surface area contributed by atoms with Crippen LogP contribution in [0.1, 0.15) is 16.8 Å². The number of hydrogen-bond donors (Lipinski definition) is 2. The van der Waals surface area contributed by atoms with Crippen LogP contribution in [0, 0.1) is 5.82 Å². The molecule has 28 heavy (non-hydrogen) atoms. The summed E-state index contributed by atoms with van der Waals surface area (Å²) >= 11 is 13.1. The summed E-state index contributed by atoms with van der Waals surface area (Å²) in [6, 6.07) is 9.31. The molecule has 0 saturated carbocycles. The Hall–Kier alpha value is -1.69. The normalized spacial score (nSPS) is 14.9. The van der Waals surface area contributed by atoms with Gasteiger partial charge in [-0.1, -0.05) is 29.3 Å². The van der Waals surface area contributed by atoms with Gasteiger partial charge in [0.05, 0.1) is 5.02 Å². The third-order valence-electron chi connectivity index (χ3n) is 4.03. The number of fused-ring (bicyclic) bond motifs is 1. The Kier molecular flexibility index (Phi) is 6.28. The van der Waals surface area contributed by atoms with Gasteiger partial charge in [0.15, 0.2) is 0 Å². The lowest BCUT2D eigenvalue weighted by atomic mass is 10.1. The van der Waals surface area contributed by atoms with Gasteiger partial charge in [-0.05, 0) is 58.3 Å². The Morgan fingerprint density at radius 3 is 2.71 bits per heavy atom. The molecule has 3 rings (SSSR count). The lowest BCUT2D eigenvalue weighted by Crippen LogP contribution is -2.25. The van der Waals surface area contributed by atoms with Crippen LogP contribution in [0.25, 0.3) is 16.2 Å². The Balaban J connectivity index is 1.88. The summed E-state index contributed by atoms with van der Waals surface area (Å²) in [5, 5.41) is 5.32. The molecule has 2 aromatic carbocycles. The summed E-state index contributed by atoms with van der Waals surface area (Å²) in [7, 11) is -3.82. The smallest absolute Gasteiger partial charge is 0.241 e. The third kappa shape index (κ3) is 4.65. The zero-order valence-corrected chi connectivity index (χ0v) is 17.7. The standard InChI is InChI=1S/C19H15Cl2FNO3PS/c1-27(25,26)18(14-10-28-17-5-3-12(20)9-13(14)17)19(24)23-7-6-11-2-4-16(22)15(21)8-11/h2-10,18H,1H3,(H,23,24)(H,25,26)/b7-6+. The highest BCUT2D eigenvalue weighted by molar-refractivity contribution is 7.58. The van der Waals surface area contributed by atoms with E-state index in [2.05, 4.69) is 5.32 Å². The van der Waals surface area contributed by atoms with E-state index < -0.39 is 24.8 Å². The van der Waals surface area contributed by atoms with E-state index in [1.165, 1.54) is 41.8 Å². The van der Waals surface area contributed by atoms with Crippen molar-refractivity contribution in [3.8, 4) is 0 Å². The molecule has 0 saturated heterocycles. The largest absolute Gasteiger partial charge is 0.344 e. The first kappa shape index (κ1) is 21.0. The molecule has 1 amide bonds. The zero-order valence-electron chi connectivity index (χ0n) is 14.5. The van der Waals surface area contributed by atoms with Gasteiger partial charge < -0.3 is 10.2 Å². The highest BCUT2D eigenvalue weighted by Crippen LogP contribution is 2.54. The Morgan fingerprint density at radius 1 is 1.29 bits per heavy atom. The topological polar surface area (TPSA) is 66.4 Å². The molecule has 1 heterocycles.